The average Bonchev–Trinajstić information content (AvgIpc) is 3.14. The molecule has 0 radical (unpaired) electrons. The molecule has 2 atom stereocenters. The van der Waals surface area contributed by atoms with Crippen molar-refractivity contribution in [3.63, 3.8) is 0 Å². The summed E-state index contributed by atoms with van der Waals surface area (Å²) in [6.45, 7) is 13.4. The first kappa shape index (κ1) is 22.2. The van der Waals surface area contributed by atoms with E-state index in [-0.39, 0.29) is 0 Å². The Balaban J connectivity index is 2.02. The molecule has 1 rings (SSSR count). The molecule has 1 fully saturated rings. The number of ether oxygens (including phenoxy) is 2. The van der Waals surface area contributed by atoms with Crippen LogP contribution in [0.15, 0.2) is 4.99 Å². The van der Waals surface area contributed by atoms with Crippen LogP contribution in [-0.2, 0) is 9.47 Å². The Kier molecular flexibility index (Phi) is 12.7. The van der Waals surface area contributed by atoms with Gasteiger partial charge in [-0.2, -0.15) is 0 Å². The number of rotatable bonds is 13. The summed E-state index contributed by atoms with van der Waals surface area (Å²) in [6.07, 6.45) is 5.97. The zero-order valence-electron chi connectivity index (χ0n) is 16.9. The lowest BCUT2D eigenvalue weighted by atomic mass is 10.2. The molecule has 1 heterocycles. The van der Waals surface area contributed by atoms with Gasteiger partial charge in [0.15, 0.2) is 5.96 Å². The first-order chi connectivity index (χ1) is 12.2. The Morgan fingerprint density at radius 3 is 2.76 bits per heavy atom. The van der Waals surface area contributed by atoms with Crippen LogP contribution in [0.25, 0.3) is 0 Å². The van der Waals surface area contributed by atoms with E-state index in [1.807, 2.05) is 7.05 Å². The SMILES string of the molecule is CCN(CC)CCCC(C)NC(=NC)NCCCOCC1CCCO1. The predicted octanol–water partition coefficient (Wildman–Crippen LogP) is 2.25. The summed E-state index contributed by atoms with van der Waals surface area (Å²) in [4.78, 5) is 6.78. The minimum absolute atomic E-state index is 0.319. The predicted molar refractivity (Wildman–Crippen MR) is 105 cm³/mol. The van der Waals surface area contributed by atoms with Gasteiger partial charge >= 0.3 is 0 Å². The van der Waals surface area contributed by atoms with Crippen LogP contribution in [0.1, 0.15) is 52.9 Å². The van der Waals surface area contributed by atoms with Gasteiger partial charge in [0, 0.05) is 32.8 Å². The average molecular weight is 357 g/mol. The van der Waals surface area contributed by atoms with E-state index in [4.69, 9.17) is 9.47 Å². The molecular weight excluding hydrogens is 316 g/mol. The fraction of sp³-hybridized carbons (Fsp3) is 0.947. The van der Waals surface area contributed by atoms with Gasteiger partial charge in [-0.3, -0.25) is 4.99 Å². The molecule has 0 aromatic rings. The molecule has 2 unspecified atom stereocenters. The standard InChI is InChI=1S/C19H40N4O2/c1-5-23(6-2)13-7-10-17(3)22-19(20-4)21-12-9-14-24-16-18-11-8-15-25-18/h17-18H,5-16H2,1-4H3,(H2,20,21,22). The maximum atomic E-state index is 5.68. The van der Waals surface area contributed by atoms with Crippen LogP contribution in [0.4, 0.5) is 0 Å². The van der Waals surface area contributed by atoms with E-state index < -0.39 is 0 Å². The third-order valence-electron chi connectivity index (χ3n) is 4.70. The molecule has 0 aliphatic carbocycles. The fourth-order valence-corrected chi connectivity index (χ4v) is 3.03. The van der Waals surface area contributed by atoms with Gasteiger partial charge in [0.1, 0.15) is 0 Å². The zero-order chi connectivity index (χ0) is 18.3. The molecule has 0 saturated carbocycles. The molecule has 148 valence electrons. The van der Waals surface area contributed by atoms with E-state index in [0.29, 0.717) is 12.1 Å². The van der Waals surface area contributed by atoms with Crippen molar-refractivity contribution in [1.82, 2.24) is 15.5 Å². The minimum Gasteiger partial charge on any atom is -0.379 e. The van der Waals surface area contributed by atoms with E-state index in [1.165, 1.54) is 19.4 Å². The van der Waals surface area contributed by atoms with Crippen molar-refractivity contribution in [2.45, 2.75) is 65.0 Å². The largest absolute Gasteiger partial charge is 0.379 e. The molecule has 0 amide bonds. The Bertz CT molecular complexity index is 342. The van der Waals surface area contributed by atoms with Crippen molar-refractivity contribution in [3.8, 4) is 0 Å². The highest BCUT2D eigenvalue weighted by molar-refractivity contribution is 5.79. The highest BCUT2D eigenvalue weighted by Gasteiger charge is 2.14. The Morgan fingerprint density at radius 1 is 1.32 bits per heavy atom. The number of nitrogens with one attached hydrogen (secondary N) is 2. The van der Waals surface area contributed by atoms with Gasteiger partial charge in [0.2, 0.25) is 0 Å². The third-order valence-corrected chi connectivity index (χ3v) is 4.70. The zero-order valence-corrected chi connectivity index (χ0v) is 16.9. The molecule has 0 aromatic heterocycles. The highest BCUT2D eigenvalue weighted by Crippen LogP contribution is 2.11. The van der Waals surface area contributed by atoms with Crippen molar-refractivity contribution >= 4 is 5.96 Å². The van der Waals surface area contributed by atoms with Crippen LogP contribution in [0.2, 0.25) is 0 Å². The smallest absolute Gasteiger partial charge is 0.191 e. The van der Waals surface area contributed by atoms with Crippen LogP contribution in [0, 0.1) is 0 Å². The van der Waals surface area contributed by atoms with Crippen molar-refractivity contribution < 1.29 is 9.47 Å². The minimum atomic E-state index is 0.319. The molecule has 1 saturated heterocycles. The summed E-state index contributed by atoms with van der Waals surface area (Å²) in [5.74, 6) is 0.884. The highest BCUT2D eigenvalue weighted by atomic mass is 16.5. The van der Waals surface area contributed by atoms with Crippen LogP contribution < -0.4 is 10.6 Å². The lowest BCUT2D eigenvalue weighted by Gasteiger charge is -2.21. The summed E-state index contributed by atoms with van der Waals surface area (Å²) in [5, 5.41) is 6.84. The van der Waals surface area contributed by atoms with E-state index in [9.17, 15) is 0 Å². The molecule has 6 nitrogen and oxygen atoms in total. The Labute approximate surface area is 154 Å². The Morgan fingerprint density at radius 2 is 2.12 bits per heavy atom. The third kappa shape index (κ3) is 10.7. The number of guanidine groups is 1. The summed E-state index contributed by atoms with van der Waals surface area (Å²) in [7, 11) is 1.83. The molecule has 0 bridgehead atoms. The summed E-state index contributed by atoms with van der Waals surface area (Å²) in [5.41, 5.74) is 0. The lowest BCUT2D eigenvalue weighted by Crippen LogP contribution is -2.43. The van der Waals surface area contributed by atoms with Crippen molar-refractivity contribution in [3.05, 3.63) is 0 Å². The second-order valence-corrected chi connectivity index (χ2v) is 6.78. The van der Waals surface area contributed by atoms with E-state index in [0.717, 1.165) is 64.7 Å². The fourth-order valence-electron chi connectivity index (χ4n) is 3.03. The normalized spacial score (nSPS) is 19.4. The Hall–Kier alpha value is -0.850. The summed E-state index contributed by atoms with van der Waals surface area (Å²) in [6, 6.07) is 0.428. The van der Waals surface area contributed by atoms with Gasteiger partial charge in [0.25, 0.3) is 0 Å². The molecule has 0 spiro atoms. The maximum absolute atomic E-state index is 5.68. The van der Waals surface area contributed by atoms with Crippen LogP contribution in [-0.4, -0.2) is 76.1 Å². The number of hydrogen-bond donors (Lipinski definition) is 2. The molecule has 1 aliphatic rings. The van der Waals surface area contributed by atoms with Gasteiger partial charge in [0.05, 0.1) is 12.7 Å². The maximum Gasteiger partial charge on any atom is 0.191 e. The van der Waals surface area contributed by atoms with Gasteiger partial charge in [-0.15, -0.1) is 0 Å². The first-order valence-electron chi connectivity index (χ1n) is 10.1. The van der Waals surface area contributed by atoms with Crippen molar-refractivity contribution in [2.24, 2.45) is 4.99 Å². The summed E-state index contributed by atoms with van der Waals surface area (Å²) < 4.78 is 11.2. The quantitative estimate of drug-likeness (QED) is 0.301. The van der Waals surface area contributed by atoms with Gasteiger partial charge in [-0.1, -0.05) is 13.8 Å². The number of hydrogen-bond acceptors (Lipinski definition) is 4. The first-order valence-corrected chi connectivity index (χ1v) is 10.1. The molecule has 25 heavy (non-hydrogen) atoms. The summed E-state index contributed by atoms with van der Waals surface area (Å²) >= 11 is 0. The van der Waals surface area contributed by atoms with Crippen LogP contribution in [0.5, 0.6) is 0 Å². The monoisotopic (exact) mass is 356 g/mol. The van der Waals surface area contributed by atoms with Gasteiger partial charge < -0.3 is 25.0 Å². The molecule has 1 aliphatic heterocycles. The van der Waals surface area contributed by atoms with Crippen LogP contribution >= 0.6 is 0 Å². The van der Waals surface area contributed by atoms with Gasteiger partial charge in [-0.05, 0) is 58.7 Å². The molecule has 6 heteroatoms. The lowest BCUT2D eigenvalue weighted by molar-refractivity contribution is 0.0168. The van der Waals surface area contributed by atoms with E-state index in [2.05, 4.69) is 41.3 Å². The molecule has 2 N–H and O–H groups in total. The number of aliphatic imine (C=N–C) groups is 1. The van der Waals surface area contributed by atoms with Crippen molar-refractivity contribution in [1.29, 1.82) is 0 Å². The topological polar surface area (TPSA) is 58.1 Å². The van der Waals surface area contributed by atoms with Gasteiger partial charge in [-0.25, -0.2) is 0 Å². The van der Waals surface area contributed by atoms with E-state index >= 15 is 0 Å². The number of nitrogens with zero attached hydrogens (tertiary/aromatic N) is 2. The second-order valence-electron chi connectivity index (χ2n) is 6.78. The molecule has 0 aromatic carbocycles. The van der Waals surface area contributed by atoms with Crippen molar-refractivity contribution in [2.75, 3.05) is 53.0 Å². The van der Waals surface area contributed by atoms with Crippen LogP contribution in [0.3, 0.4) is 0 Å². The molecular formula is C19H40N4O2. The van der Waals surface area contributed by atoms with E-state index in [1.54, 1.807) is 0 Å². The second kappa shape index (κ2) is 14.3.